The number of nitrogen functional groups attached to an aromatic ring is 1. The van der Waals surface area contributed by atoms with Crippen molar-refractivity contribution in [3.05, 3.63) is 59.7 Å². The van der Waals surface area contributed by atoms with Gasteiger partial charge in [0.15, 0.2) is 5.82 Å². The monoisotopic (exact) mass is 387 g/mol. The minimum absolute atomic E-state index is 0.224. The van der Waals surface area contributed by atoms with E-state index in [2.05, 4.69) is 50.9 Å². The molecule has 146 valence electrons. The van der Waals surface area contributed by atoms with Gasteiger partial charge in [-0.25, -0.2) is 19.9 Å². The number of fused-ring (bicyclic) bond motifs is 2. The summed E-state index contributed by atoms with van der Waals surface area (Å²) < 4.78 is 7.67. The van der Waals surface area contributed by atoms with Crippen molar-refractivity contribution in [1.82, 2.24) is 29.2 Å². The van der Waals surface area contributed by atoms with Crippen molar-refractivity contribution in [3.63, 3.8) is 0 Å². The summed E-state index contributed by atoms with van der Waals surface area (Å²) in [5.74, 6) is 1.50. The Kier molecular flexibility index (Phi) is 4.13. The maximum absolute atomic E-state index is 6.04. The topological polar surface area (TPSA) is 94.5 Å². The number of hydrogen-bond acceptors (Lipinski definition) is 7. The molecule has 5 rings (SSSR count). The fraction of sp³-hybridized carbons (Fsp3) is 0.238. The van der Waals surface area contributed by atoms with Crippen molar-refractivity contribution in [2.75, 3.05) is 19.3 Å². The molecule has 1 aliphatic heterocycles. The van der Waals surface area contributed by atoms with Crippen molar-refractivity contribution in [3.8, 4) is 23.0 Å². The largest absolute Gasteiger partial charge is 0.417 e. The average molecular weight is 387 g/mol. The molecule has 8 nitrogen and oxygen atoms in total. The fourth-order valence-corrected chi connectivity index (χ4v) is 3.79. The Labute approximate surface area is 168 Å². The number of aromatic nitrogens is 5. The van der Waals surface area contributed by atoms with Crippen LogP contribution in [0.4, 0.5) is 5.82 Å². The van der Waals surface area contributed by atoms with E-state index in [1.807, 2.05) is 6.20 Å². The summed E-state index contributed by atoms with van der Waals surface area (Å²) in [4.78, 5) is 19.7. The van der Waals surface area contributed by atoms with Crippen LogP contribution in [0.25, 0.3) is 17.0 Å². The van der Waals surface area contributed by atoms with E-state index >= 15 is 0 Å². The maximum atomic E-state index is 6.04. The van der Waals surface area contributed by atoms with E-state index in [1.165, 1.54) is 16.7 Å². The molecule has 8 heteroatoms. The molecule has 0 fully saturated rings. The van der Waals surface area contributed by atoms with E-state index in [4.69, 9.17) is 10.5 Å². The van der Waals surface area contributed by atoms with Crippen molar-refractivity contribution in [2.45, 2.75) is 19.9 Å². The first-order valence-electron chi connectivity index (χ1n) is 9.48. The number of imidazole rings is 1. The SMILES string of the molecule is Cc1cc(-c2cnc(N)c(Oc3cnc4ncccn34)n2)cc2c1CCN(C)C2. The van der Waals surface area contributed by atoms with E-state index in [-0.39, 0.29) is 11.7 Å². The molecular weight excluding hydrogens is 366 g/mol. The Morgan fingerprint density at radius 3 is 2.93 bits per heavy atom. The highest BCUT2D eigenvalue weighted by molar-refractivity contribution is 5.64. The zero-order chi connectivity index (χ0) is 20.0. The Balaban J connectivity index is 1.53. The van der Waals surface area contributed by atoms with Gasteiger partial charge in [0.25, 0.3) is 5.88 Å². The highest BCUT2D eigenvalue weighted by atomic mass is 16.5. The third-order valence-corrected chi connectivity index (χ3v) is 5.27. The first kappa shape index (κ1) is 17.6. The van der Waals surface area contributed by atoms with Gasteiger partial charge in [0, 0.05) is 31.0 Å². The lowest BCUT2D eigenvalue weighted by molar-refractivity contribution is 0.312. The smallest absolute Gasteiger partial charge is 0.264 e. The fourth-order valence-electron chi connectivity index (χ4n) is 3.79. The van der Waals surface area contributed by atoms with Gasteiger partial charge < -0.3 is 15.4 Å². The standard InChI is InChI=1S/C21H21N7O/c1-13-8-14(9-15-12-27(2)7-4-16(13)15)17-10-24-19(22)20(26-17)29-18-11-25-21-23-5-3-6-28(18)21/h3,5-6,8-11H,4,7,12H2,1-2H3,(H2,22,24). The van der Waals surface area contributed by atoms with Crippen molar-refractivity contribution < 1.29 is 4.74 Å². The molecule has 0 unspecified atom stereocenters. The van der Waals surface area contributed by atoms with Gasteiger partial charge in [0.2, 0.25) is 11.7 Å². The highest BCUT2D eigenvalue weighted by Gasteiger charge is 2.18. The van der Waals surface area contributed by atoms with Crippen LogP contribution in [0.15, 0.2) is 43.0 Å². The number of hydrogen-bond donors (Lipinski definition) is 1. The number of nitrogens with zero attached hydrogens (tertiary/aromatic N) is 6. The third-order valence-electron chi connectivity index (χ3n) is 5.27. The van der Waals surface area contributed by atoms with Crippen LogP contribution in [0.1, 0.15) is 16.7 Å². The molecular formula is C21H21N7O. The molecule has 0 amide bonds. The number of nitrogens with two attached hydrogens (primary N) is 1. The zero-order valence-corrected chi connectivity index (χ0v) is 16.3. The molecule has 3 aromatic heterocycles. The van der Waals surface area contributed by atoms with Crippen LogP contribution >= 0.6 is 0 Å². The summed E-state index contributed by atoms with van der Waals surface area (Å²) in [7, 11) is 2.14. The molecule has 0 radical (unpaired) electrons. The number of aryl methyl sites for hydroxylation is 1. The van der Waals surface area contributed by atoms with Crippen LogP contribution in [0, 0.1) is 6.92 Å². The van der Waals surface area contributed by atoms with Crippen LogP contribution in [0.3, 0.4) is 0 Å². The summed E-state index contributed by atoms with van der Waals surface area (Å²) >= 11 is 0. The normalized spacial score (nSPS) is 14.1. The second-order valence-electron chi connectivity index (χ2n) is 7.35. The van der Waals surface area contributed by atoms with Crippen LogP contribution in [0.2, 0.25) is 0 Å². The second kappa shape index (κ2) is 6.82. The summed E-state index contributed by atoms with van der Waals surface area (Å²) in [6.07, 6.45) is 7.85. The number of benzene rings is 1. The summed E-state index contributed by atoms with van der Waals surface area (Å²) in [6.45, 7) is 4.17. The van der Waals surface area contributed by atoms with Crippen LogP contribution in [-0.4, -0.2) is 42.8 Å². The van der Waals surface area contributed by atoms with Crippen molar-refractivity contribution in [2.24, 2.45) is 0 Å². The number of rotatable bonds is 3. The van der Waals surface area contributed by atoms with Crippen molar-refractivity contribution in [1.29, 1.82) is 0 Å². The van der Waals surface area contributed by atoms with E-state index in [1.54, 1.807) is 29.1 Å². The molecule has 0 aliphatic carbocycles. The maximum Gasteiger partial charge on any atom is 0.264 e. The van der Waals surface area contributed by atoms with Gasteiger partial charge in [-0.2, -0.15) is 0 Å². The quantitative estimate of drug-likeness (QED) is 0.577. The van der Waals surface area contributed by atoms with Gasteiger partial charge in [-0.05, 0) is 55.3 Å². The number of anilines is 1. The molecule has 2 N–H and O–H groups in total. The molecule has 0 saturated heterocycles. The molecule has 1 aliphatic rings. The predicted molar refractivity (Wildman–Crippen MR) is 110 cm³/mol. The van der Waals surface area contributed by atoms with Gasteiger partial charge in [0.05, 0.1) is 18.1 Å². The summed E-state index contributed by atoms with van der Waals surface area (Å²) in [5, 5.41) is 0. The number of ether oxygens (including phenoxy) is 1. The Bertz CT molecular complexity index is 1220. The minimum atomic E-state index is 0.224. The Hall–Kier alpha value is -3.52. The van der Waals surface area contributed by atoms with Gasteiger partial charge >= 0.3 is 0 Å². The molecule has 1 aromatic carbocycles. The lowest BCUT2D eigenvalue weighted by atomic mass is 9.92. The molecule has 0 saturated carbocycles. The van der Waals surface area contributed by atoms with E-state index in [0.29, 0.717) is 11.7 Å². The van der Waals surface area contributed by atoms with E-state index in [0.717, 1.165) is 30.8 Å². The molecule has 0 bridgehead atoms. The second-order valence-corrected chi connectivity index (χ2v) is 7.35. The molecule has 0 atom stereocenters. The first-order chi connectivity index (χ1) is 14.1. The molecule has 0 spiro atoms. The lowest BCUT2D eigenvalue weighted by Gasteiger charge is -2.27. The predicted octanol–water partition coefficient (Wildman–Crippen LogP) is 2.86. The average Bonchev–Trinajstić information content (AvgIpc) is 3.12. The summed E-state index contributed by atoms with van der Waals surface area (Å²) in [6, 6.07) is 6.16. The number of likely N-dealkylation sites (N-methyl/N-ethyl adjacent to an activating group) is 1. The van der Waals surface area contributed by atoms with Gasteiger partial charge in [-0.1, -0.05) is 0 Å². The highest BCUT2D eigenvalue weighted by Crippen LogP contribution is 2.31. The Morgan fingerprint density at radius 2 is 2.03 bits per heavy atom. The summed E-state index contributed by atoms with van der Waals surface area (Å²) in [5.41, 5.74) is 11.8. The van der Waals surface area contributed by atoms with E-state index < -0.39 is 0 Å². The van der Waals surface area contributed by atoms with Crippen LogP contribution in [0.5, 0.6) is 11.8 Å². The molecule has 29 heavy (non-hydrogen) atoms. The van der Waals surface area contributed by atoms with Crippen LogP contribution in [-0.2, 0) is 13.0 Å². The van der Waals surface area contributed by atoms with Crippen LogP contribution < -0.4 is 10.5 Å². The third kappa shape index (κ3) is 3.17. The van der Waals surface area contributed by atoms with Crippen molar-refractivity contribution >= 4 is 11.6 Å². The molecule has 4 heterocycles. The van der Waals surface area contributed by atoms with Gasteiger partial charge in [0.1, 0.15) is 0 Å². The zero-order valence-electron chi connectivity index (χ0n) is 16.3. The lowest BCUT2D eigenvalue weighted by Crippen LogP contribution is -2.27. The minimum Gasteiger partial charge on any atom is -0.417 e. The van der Waals surface area contributed by atoms with E-state index in [9.17, 15) is 0 Å². The van der Waals surface area contributed by atoms with Gasteiger partial charge in [-0.15, -0.1) is 0 Å². The molecule has 4 aromatic rings. The Morgan fingerprint density at radius 1 is 1.14 bits per heavy atom. The first-order valence-corrected chi connectivity index (χ1v) is 9.48. The van der Waals surface area contributed by atoms with Gasteiger partial charge in [-0.3, -0.25) is 4.40 Å².